The molecule has 0 aliphatic heterocycles. The van der Waals surface area contributed by atoms with Crippen LogP contribution in [0.3, 0.4) is 0 Å². The minimum Gasteiger partial charge on any atom is -0.502 e. The molecule has 0 radical (unpaired) electrons. The SMILES string of the molecule is CCOC(=O)/C(O)=C/C(=O)c1ccc(OC(C)C)cc1. The molecule has 1 rings (SSSR count). The van der Waals surface area contributed by atoms with Crippen LogP contribution in [0.2, 0.25) is 0 Å². The quantitative estimate of drug-likeness (QED) is 0.375. The van der Waals surface area contributed by atoms with Crippen molar-refractivity contribution in [3.63, 3.8) is 0 Å². The summed E-state index contributed by atoms with van der Waals surface area (Å²) in [7, 11) is 0. The van der Waals surface area contributed by atoms with E-state index in [0.29, 0.717) is 11.3 Å². The number of allylic oxidation sites excluding steroid dienone is 1. The van der Waals surface area contributed by atoms with E-state index < -0.39 is 17.5 Å². The number of hydrogen-bond acceptors (Lipinski definition) is 5. The standard InChI is InChI=1S/C15H18O5/c1-4-19-15(18)14(17)9-13(16)11-5-7-12(8-6-11)20-10(2)3/h5-10,17H,4H2,1-3H3/b14-9-. The fourth-order valence-electron chi connectivity index (χ4n) is 1.44. The predicted molar refractivity (Wildman–Crippen MR) is 73.9 cm³/mol. The van der Waals surface area contributed by atoms with Gasteiger partial charge in [-0.1, -0.05) is 0 Å². The second-order valence-electron chi connectivity index (χ2n) is 4.31. The minimum atomic E-state index is -0.916. The first-order valence-electron chi connectivity index (χ1n) is 6.33. The molecule has 0 atom stereocenters. The van der Waals surface area contributed by atoms with E-state index in [1.54, 1.807) is 31.2 Å². The summed E-state index contributed by atoms with van der Waals surface area (Å²) in [6.07, 6.45) is 0.889. The van der Waals surface area contributed by atoms with Gasteiger partial charge in [-0.2, -0.15) is 0 Å². The zero-order chi connectivity index (χ0) is 15.1. The fraction of sp³-hybridized carbons (Fsp3) is 0.333. The molecule has 0 saturated heterocycles. The average Bonchev–Trinajstić information content (AvgIpc) is 2.39. The minimum absolute atomic E-state index is 0.0457. The van der Waals surface area contributed by atoms with Gasteiger partial charge in [0.15, 0.2) is 5.78 Å². The number of aliphatic hydroxyl groups excluding tert-OH is 1. The number of ether oxygens (including phenoxy) is 2. The van der Waals surface area contributed by atoms with Crippen molar-refractivity contribution in [3.8, 4) is 5.75 Å². The molecule has 0 aliphatic rings. The maximum absolute atomic E-state index is 11.8. The van der Waals surface area contributed by atoms with E-state index in [1.165, 1.54) is 0 Å². The number of rotatable bonds is 6. The van der Waals surface area contributed by atoms with E-state index in [1.807, 2.05) is 13.8 Å². The first kappa shape index (κ1) is 15.8. The van der Waals surface area contributed by atoms with Crippen molar-refractivity contribution >= 4 is 11.8 Å². The summed E-state index contributed by atoms with van der Waals surface area (Å²) in [5.74, 6) is -1.46. The number of esters is 1. The normalized spacial score (nSPS) is 11.3. The largest absolute Gasteiger partial charge is 0.502 e. The van der Waals surface area contributed by atoms with Crippen LogP contribution in [0, 0.1) is 0 Å². The summed E-state index contributed by atoms with van der Waals surface area (Å²) in [6.45, 7) is 5.55. The number of benzene rings is 1. The molecule has 0 bridgehead atoms. The Kier molecular flexibility index (Phi) is 5.77. The molecule has 5 nitrogen and oxygen atoms in total. The molecule has 0 aliphatic carbocycles. The lowest BCUT2D eigenvalue weighted by Crippen LogP contribution is -2.09. The molecule has 0 amide bonds. The number of ketones is 1. The Labute approximate surface area is 117 Å². The first-order chi connectivity index (χ1) is 9.43. The van der Waals surface area contributed by atoms with E-state index in [9.17, 15) is 14.7 Å². The van der Waals surface area contributed by atoms with Gasteiger partial charge in [0, 0.05) is 11.6 Å². The van der Waals surface area contributed by atoms with Crippen molar-refractivity contribution in [2.24, 2.45) is 0 Å². The monoisotopic (exact) mass is 278 g/mol. The van der Waals surface area contributed by atoms with Gasteiger partial charge in [-0.25, -0.2) is 4.79 Å². The maximum Gasteiger partial charge on any atom is 0.373 e. The van der Waals surface area contributed by atoms with E-state index in [-0.39, 0.29) is 12.7 Å². The molecule has 0 unspecified atom stereocenters. The second kappa shape index (κ2) is 7.33. The summed E-state index contributed by atoms with van der Waals surface area (Å²) in [5, 5.41) is 9.40. The third-order valence-electron chi connectivity index (χ3n) is 2.26. The van der Waals surface area contributed by atoms with Gasteiger partial charge in [0.2, 0.25) is 5.76 Å². The van der Waals surface area contributed by atoms with Crippen LogP contribution < -0.4 is 4.74 Å². The summed E-state index contributed by atoms with van der Waals surface area (Å²) in [5.41, 5.74) is 0.344. The molecule has 5 heteroatoms. The molecule has 0 fully saturated rings. The molecular formula is C15H18O5. The zero-order valence-electron chi connectivity index (χ0n) is 11.8. The predicted octanol–water partition coefficient (Wildman–Crippen LogP) is 2.66. The lowest BCUT2D eigenvalue weighted by Gasteiger charge is -2.09. The topological polar surface area (TPSA) is 72.8 Å². The molecule has 0 heterocycles. The highest BCUT2D eigenvalue weighted by molar-refractivity contribution is 6.07. The van der Waals surface area contributed by atoms with Gasteiger partial charge in [0.1, 0.15) is 5.75 Å². The summed E-state index contributed by atoms with van der Waals surface area (Å²) in [6, 6.07) is 6.44. The Morgan fingerprint density at radius 1 is 1.25 bits per heavy atom. The van der Waals surface area contributed by atoms with Crippen LogP contribution in [0.4, 0.5) is 0 Å². The Bertz CT molecular complexity index is 500. The summed E-state index contributed by atoms with van der Waals surface area (Å²) < 4.78 is 10.0. The van der Waals surface area contributed by atoms with Crippen LogP contribution in [-0.4, -0.2) is 29.6 Å². The van der Waals surface area contributed by atoms with Crippen molar-refractivity contribution < 1.29 is 24.2 Å². The van der Waals surface area contributed by atoms with Crippen LogP contribution in [-0.2, 0) is 9.53 Å². The number of hydrogen-bond donors (Lipinski definition) is 1. The second-order valence-corrected chi connectivity index (χ2v) is 4.31. The molecule has 108 valence electrons. The van der Waals surface area contributed by atoms with Crippen LogP contribution >= 0.6 is 0 Å². The van der Waals surface area contributed by atoms with E-state index in [2.05, 4.69) is 4.74 Å². The molecule has 0 spiro atoms. The van der Waals surface area contributed by atoms with Gasteiger partial charge in [0.25, 0.3) is 0 Å². The highest BCUT2D eigenvalue weighted by Gasteiger charge is 2.12. The number of aliphatic hydroxyl groups is 1. The Morgan fingerprint density at radius 2 is 1.85 bits per heavy atom. The van der Waals surface area contributed by atoms with Gasteiger partial charge in [-0.05, 0) is 45.0 Å². The van der Waals surface area contributed by atoms with Crippen LogP contribution in [0.15, 0.2) is 36.1 Å². The first-order valence-corrected chi connectivity index (χ1v) is 6.33. The van der Waals surface area contributed by atoms with Crippen molar-refractivity contribution in [1.82, 2.24) is 0 Å². The third kappa shape index (κ3) is 4.76. The van der Waals surface area contributed by atoms with E-state index in [0.717, 1.165) is 6.08 Å². The molecule has 0 saturated carbocycles. The van der Waals surface area contributed by atoms with Gasteiger partial charge in [0.05, 0.1) is 12.7 Å². The fourth-order valence-corrected chi connectivity index (χ4v) is 1.44. The summed E-state index contributed by atoms with van der Waals surface area (Å²) >= 11 is 0. The molecule has 20 heavy (non-hydrogen) atoms. The Balaban J connectivity index is 2.77. The van der Waals surface area contributed by atoms with E-state index in [4.69, 9.17) is 4.74 Å². The van der Waals surface area contributed by atoms with Gasteiger partial charge in [-0.3, -0.25) is 4.79 Å². The van der Waals surface area contributed by atoms with Crippen LogP contribution in [0.1, 0.15) is 31.1 Å². The number of carbonyl (C=O) groups is 2. The van der Waals surface area contributed by atoms with Crippen molar-refractivity contribution in [1.29, 1.82) is 0 Å². The van der Waals surface area contributed by atoms with Crippen molar-refractivity contribution in [2.75, 3.05) is 6.61 Å². The van der Waals surface area contributed by atoms with E-state index >= 15 is 0 Å². The molecule has 1 aromatic carbocycles. The van der Waals surface area contributed by atoms with Gasteiger partial charge >= 0.3 is 5.97 Å². The molecule has 1 aromatic rings. The molecule has 1 N–H and O–H groups in total. The van der Waals surface area contributed by atoms with Crippen molar-refractivity contribution in [2.45, 2.75) is 26.9 Å². The average molecular weight is 278 g/mol. The lowest BCUT2D eigenvalue weighted by atomic mass is 10.1. The van der Waals surface area contributed by atoms with Crippen molar-refractivity contribution in [3.05, 3.63) is 41.7 Å². The molecule has 0 aromatic heterocycles. The number of carbonyl (C=O) groups excluding carboxylic acids is 2. The Morgan fingerprint density at radius 3 is 2.35 bits per heavy atom. The maximum atomic E-state index is 11.8. The van der Waals surface area contributed by atoms with Gasteiger partial charge in [-0.15, -0.1) is 0 Å². The molecular weight excluding hydrogens is 260 g/mol. The Hall–Kier alpha value is -2.30. The highest BCUT2D eigenvalue weighted by atomic mass is 16.5. The van der Waals surface area contributed by atoms with Crippen LogP contribution in [0.5, 0.6) is 5.75 Å². The summed E-state index contributed by atoms with van der Waals surface area (Å²) in [4.78, 5) is 23.0. The van der Waals surface area contributed by atoms with Gasteiger partial charge < -0.3 is 14.6 Å². The third-order valence-corrected chi connectivity index (χ3v) is 2.26. The highest BCUT2D eigenvalue weighted by Crippen LogP contribution is 2.14. The lowest BCUT2D eigenvalue weighted by molar-refractivity contribution is -0.141. The van der Waals surface area contributed by atoms with Crippen LogP contribution in [0.25, 0.3) is 0 Å². The zero-order valence-corrected chi connectivity index (χ0v) is 11.8. The smallest absolute Gasteiger partial charge is 0.373 e.